The molecule has 0 aliphatic heterocycles. The van der Waals surface area contributed by atoms with Crippen molar-refractivity contribution in [1.29, 1.82) is 0 Å². The smallest absolute Gasteiger partial charge is 0.0771 e. The molecule has 0 aromatic carbocycles. The number of aliphatic hydroxyl groups is 4. The fourth-order valence-electron chi connectivity index (χ4n) is 0.567. The molecule has 62 valence electrons. The van der Waals surface area contributed by atoms with Crippen molar-refractivity contribution in [2.45, 2.75) is 25.0 Å². The Balaban J connectivity index is 3.17. The van der Waals surface area contributed by atoms with Crippen molar-refractivity contribution in [1.82, 2.24) is 0 Å². The van der Waals surface area contributed by atoms with E-state index in [1.807, 2.05) is 0 Å². The van der Waals surface area contributed by atoms with Crippen LogP contribution in [-0.2, 0) is 0 Å². The Labute approximate surface area is 59.7 Å². The molecule has 10 heavy (non-hydrogen) atoms. The van der Waals surface area contributed by atoms with Crippen LogP contribution in [0.15, 0.2) is 0 Å². The topological polar surface area (TPSA) is 80.9 Å². The maximum absolute atomic E-state index is 8.76. The van der Waals surface area contributed by atoms with Crippen molar-refractivity contribution in [3.8, 4) is 0 Å². The van der Waals surface area contributed by atoms with Gasteiger partial charge >= 0.3 is 0 Å². The van der Waals surface area contributed by atoms with Gasteiger partial charge in [0.05, 0.1) is 25.4 Å². The normalized spacial score (nSPS) is 16.8. The van der Waals surface area contributed by atoms with E-state index in [1.54, 1.807) is 0 Å². The summed E-state index contributed by atoms with van der Waals surface area (Å²) in [5.41, 5.74) is 0. The molecule has 4 heteroatoms. The Bertz CT molecular complexity index is 66.1. The second-order valence-electron chi connectivity index (χ2n) is 2.25. The molecule has 4 nitrogen and oxygen atoms in total. The Kier molecular flexibility index (Phi) is 5.52. The largest absolute Gasteiger partial charge is 0.394 e. The summed E-state index contributed by atoms with van der Waals surface area (Å²) in [6.45, 7) is -0.587. The van der Waals surface area contributed by atoms with E-state index in [2.05, 4.69) is 0 Å². The molecule has 0 aliphatic carbocycles. The van der Waals surface area contributed by atoms with Crippen LogP contribution in [0.3, 0.4) is 0 Å². The van der Waals surface area contributed by atoms with Crippen LogP contribution in [0.5, 0.6) is 0 Å². The van der Waals surface area contributed by atoms with Crippen molar-refractivity contribution >= 4 is 0 Å². The summed E-state index contributed by atoms with van der Waals surface area (Å²) >= 11 is 0. The Morgan fingerprint density at radius 2 is 1.10 bits per heavy atom. The minimum atomic E-state index is -0.777. The standard InChI is InChI=1S/C6H14O4/c7-3-5(9)1-2-6(10)4-8/h5-10H,1-4H2/t5-,6-/m1/s1. The van der Waals surface area contributed by atoms with Crippen molar-refractivity contribution in [3.63, 3.8) is 0 Å². The van der Waals surface area contributed by atoms with Gasteiger partial charge in [-0.25, -0.2) is 0 Å². The molecule has 0 unspecified atom stereocenters. The predicted octanol–water partition coefficient (Wildman–Crippen LogP) is -1.53. The second-order valence-corrected chi connectivity index (χ2v) is 2.25. The molecule has 0 aromatic heterocycles. The molecule has 0 amide bonds. The maximum Gasteiger partial charge on any atom is 0.0771 e. The molecule has 0 saturated heterocycles. The molecule has 0 spiro atoms. The van der Waals surface area contributed by atoms with Gasteiger partial charge in [0, 0.05) is 0 Å². The first-order valence-electron chi connectivity index (χ1n) is 3.28. The van der Waals surface area contributed by atoms with E-state index in [-0.39, 0.29) is 13.2 Å². The Hall–Kier alpha value is -0.160. The van der Waals surface area contributed by atoms with Crippen molar-refractivity contribution in [3.05, 3.63) is 0 Å². The maximum atomic E-state index is 8.76. The van der Waals surface area contributed by atoms with Gasteiger partial charge in [0.1, 0.15) is 0 Å². The van der Waals surface area contributed by atoms with Crippen LogP contribution >= 0.6 is 0 Å². The highest BCUT2D eigenvalue weighted by atomic mass is 16.3. The highest BCUT2D eigenvalue weighted by Crippen LogP contribution is 1.99. The Morgan fingerprint density at radius 3 is 1.30 bits per heavy atom. The van der Waals surface area contributed by atoms with E-state index in [4.69, 9.17) is 20.4 Å². The average Bonchev–Trinajstić information content (AvgIpc) is 1.99. The van der Waals surface area contributed by atoms with Gasteiger partial charge in [-0.3, -0.25) is 0 Å². The summed E-state index contributed by atoms with van der Waals surface area (Å²) in [7, 11) is 0. The summed E-state index contributed by atoms with van der Waals surface area (Å²) in [4.78, 5) is 0. The van der Waals surface area contributed by atoms with Crippen molar-refractivity contribution < 1.29 is 20.4 Å². The molecule has 2 atom stereocenters. The number of hydrogen-bond donors (Lipinski definition) is 4. The minimum absolute atomic E-state index is 0.294. The monoisotopic (exact) mass is 150 g/mol. The molecule has 0 heterocycles. The zero-order chi connectivity index (χ0) is 7.98. The van der Waals surface area contributed by atoms with Gasteiger partial charge < -0.3 is 20.4 Å². The van der Waals surface area contributed by atoms with Crippen LogP contribution in [0.2, 0.25) is 0 Å². The van der Waals surface area contributed by atoms with Crippen molar-refractivity contribution in [2.24, 2.45) is 0 Å². The quantitative estimate of drug-likeness (QED) is 0.383. The summed E-state index contributed by atoms with van der Waals surface area (Å²) in [6.07, 6.45) is -0.918. The van der Waals surface area contributed by atoms with Gasteiger partial charge in [-0.15, -0.1) is 0 Å². The molecular formula is C6H14O4. The SMILES string of the molecule is OC[C@H](O)CC[C@@H](O)CO. The molecule has 0 aromatic rings. The zero-order valence-electron chi connectivity index (χ0n) is 5.77. The molecular weight excluding hydrogens is 136 g/mol. The van der Waals surface area contributed by atoms with Crippen LogP contribution in [0.1, 0.15) is 12.8 Å². The predicted molar refractivity (Wildman–Crippen MR) is 35.4 cm³/mol. The summed E-state index contributed by atoms with van der Waals surface area (Å²) in [5, 5.41) is 34.2. The lowest BCUT2D eigenvalue weighted by Gasteiger charge is -2.09. The van der Waals surface area contributed by atoms with Crippen LogP contribution in [0.4, 0.5) is 0 Å². The summed E-state index contributed by atoms with van der Waals surface area (Å²) < 4.78 is 0. The third-order valence-corrected chi connectivity index (χ3v) is 1.25. The first-order valence-corrected chi connectivity index (χ1v) is 3.28. The molecule has 4 N–H and O–H groups in total. The van der Waals surface area contributed by atoms with Gasteiger partial charge in [0.2, 0.25) is 0 Å². The van der Waals surface area contributed by atoms with Crippen LogP contribution in [-0.4, -0.2) is 45.8 Å². The van der Waals surface area contributed by atoms with E-state index >= 15 is 0 Å². The highest BCUT2D eigenvalue weighted by molar-refractivity contribution is 4.58. The summed E-state index contributed by atoms with van der Waals surface area (Å²) in [6, 6.07) is 0. The average molecular weight is 150 g/mol. The van der Waals surface area contributed by atoms with E-state index in [0.717, 1.165) is 0 Å². The fraction of sp³-hybridized carbons (Fsp3) is 1.00. The molecule has 0 fully saturated rings. The van der Waals surface area contributed by atoms with Crippen molar-refractivity contribution in [2.75, 3.05) is 13.2 Å². The summed E-state index contributed by atoms with van der Waals surface area (Å²) in [5.74, 6) is 0. The minimum Gasteiger partial charge on any atom is -0.394 e. The van der Waals surface area contributed by atoms with Gasteiger partial charge in [-0.1, -0.05) is 0 Å². The van der Waals surface area contributed by atoms with Gasteiger partial charge in [0.15, 0.2) is 0 Å². The Morgan fingerprint density at radius 1 is 0.800 bits per heavy atom. The first-order chi connectivity index (χ1) is 4.70. The van der Waals surface area contributed by atoms with Gasteiger partial charge in [-0.05, 0) is 12.8 Å². The lowest BCUT2D eigenvalue weighted by molar-refractivity contribution is 0.0487. The number of rotatable bonds is 5. The van der Waals surface area contributed by atoms with E-state index in [9.17, 15) is 0 Å². The molecule has 0 rings (SSSR count). The second kappa shape index (κ2) is 5.61. The van der Waals surface area contributed by atoms with Crippen LogP contribution < -0.4 is 0 Å². The lowest BCUT2D eigenvalue weighted by atomic mass is 10.1. The van der Waals surface area contributed by atoms with E-state index in [1.165, 1.54) is 0 Å². The third-order valence-electron chi connectivity index (χ3n) is 1.25. The van der Waals surface area contributed by atoms with E-state index in [0.29, 0.717) is 12.8 Å². The number of aliphatic hydroxyl groups excluding tert-OH is 4. The molecule has 0 aliphatic rings. The first kappa shape index (κ1) is 9.84. The fourth-order valence-corrected chi connectivity index (χ4v) is 0.567. The molecule has 0 bridgehead atoms. The van der Waals surface area contributed by atoms with Crippen LogP contribution in [0, 0.1) is 0 Å². The third kappa shape index (κ3) is 4.69. The number of hydrogen-bond acceptors (Lipinski definition) is 4. The highest BCUT2D eigenvalue weighted by Gasteiger charge is 2.06. The molecule has 0 saturated carbocycles. The van der Waals surface area contributed by atoms with Crippen LogP contribution in [0.25, 0.3) is 0 Å². The zero-order valence-corrected chi connectivity index (χ0v) is 5.77. The van der Waals surface area contributed by atoms with Gasteiger partial charge in [-0.2, -0.15) is 0 Å². The van der Waals surface area contributed by atoms with Gasteiger partial charge in [0.25, 0.3) is 0 Å². The lowest BCUT2D eigenvalue weighted by Crippen LogP contribution is -2.18. The molecule has 0 radical (unpaired) electrons. The van der Waals surface area contributed by atoms with E-state index < -0.39 is 12.2 Å².